The lowest BCUT2D eigenvalue weighted by atomic mass is 10.1. The van der Waals surface area contributed by atoms with Gasteiger partial charge in [0.2, 0.25) is 5.89 Å². The molecule has 0 unspecified atom stereocenters. The highest BCUT2D eigenvalue weighted by atomic mass is 16.3. The Balaban J connectivity index is 1.56. The molecule has 0 bridgehead atoms. The minimum atomic E-state index is -0.224. The van der Waals surface area contributed by atoms with Crippen molar-refractivity contribution in [3.63, 3.8) is 0 Å². The van der Waals surface area contributed by atoms with Crippen molar-refractivity contribution < 1.29 is 14.3 Å². The van der Waals surface area contributed by atoms with Gasteiger partial charge in [0.1, 0.15) is 11.3 Å². The lowest BCUT2D eigenvalue weighted by Crippen LogP contribution is -2.29. The number of aromatic nitrogens is 1. The van der Waals surface area contributed by atoms with Crippen molar-refractivity contribution >= 4 is 22.8 Å². The third kappa shape index (κ3) is 5.73. The smallest absolute Gasteiger partial charge is 0.319 e. The lowest BCUT2D eigenvalue weighted by molar-refractivity contribution is 0.252. The zero-order chi connectivity index (χ0) is 20.6. The van der Waals surface area contributed by atoms with Crippen LogP contribution in [0.4, 0.5) is 10.5 Å². The normalized spacial score (nSPS) is 11.0. The maximum Gasteiger partial charge on any atom is 0.319 e. The molecule has 0 saturated heterocycles. The first-order chi connectivity index (χ1) is 14.1. The van der Waals surface area contributed by atoms with Crippen molar-refractivity contribution in [2.75, 3.05) is 11.9 Å². The second-order valence-corrected chi connectivity index (χ2v) is 7.37. The summed E-state index contributed by atoms with van der Waals surface area (Å²) in [5.74, 6) is 0.478. The first-order valence-electron chi connectivity index (χ1n) is 10.3. The highest BCUT2D eigenvalue weighted by Gasteiger charge is 2.13. The molecule has 0 spiro atoms. The predicted molar refractivity (Wildman–Crippen MR) is 116 cm³/mol. The molecule has 1 aromatic heterocycles. The number of urea groups is 1. The van der Waals surface area contributed by atoms with E-state index in [2.05, 4.69) is 22.5 Å². The first-order valence-corrected chi connectivity index (χ1v) is 10.3. The SMILES string of the molecule is CCCCCCCCNC(=O)Nc1ccc2oc(-c3ccc(C)cc3O)nc2c1. The molecule has 154 valence electrons. The van der Waals surface area contributed by atoms with Crippen LogP contribution in [-0.2, 0) is 0 Å². The fourth-order valence-electron chi connectivity index (χ4n) is 3.23. The Morgan fingerprint density at radius 3 is 2.66 bits per heavy atom. The average Bonchev–Trinajstić information content (AvgIpc) is 3.10. The van der Waals surface area contributed by atoms with Crippen molar-refractivity contribution in [1.82, 2.24) is 10.3 Å². The van der Waals surface area contributed by atoms with E-state index in [1.807, 2.05) is 13.0 Å². The summed E-state index contributed by atoms with van der Waals surface area (Å²) in [4.78, 5) is 16.5. The summed E-state index contributed by atoms with van der Waals surface area (Å²) in [6.45, 7) is 4.78. The summed E-state index contributed by atoms with van der Waals surface area (Å²) in [5, 5.41) is 15.9. The Morgan fingerprint density at radius 2 is 1.86 bits per heavy atom. The van der Waals surface area contributed by atoms with Gasteiger partial charge in [-0.2, -0.15) is 0 Å². The average molecular weight is 396 g/mol. The zero-order valence-corrected chi connectivity index (χ0v) is 17.1. The molecule has 0 aliphatic carbocycles. The Bertz CT molecular complexity index is 965. The number of nitrogens with one attached hydrogen (secondary N) is 2. The highest BCUT2D eigenvalue weighted by molar-refractivity contribution is 5.92. The monoisotopic (exact) mass is 395 g/mol. The molecule has 0 aliphatic rings. The highest BCUT2D eigenvalue weighted by Crippen LogP contribution is 2.32. The molecule has 3 aromatic rings. The van der Waals surface area contributed by atoms with Crippen LogP contribution in [0, 0.1) is 6.92 Å². The van der Waals surface area contributed by atoms with Crippen LogP contribution in [0.2, 0.25) is 0 Å². The second-order valence-electron chi connectivity index (χ2n) is 7.37. The number of rotatable bonds is 9. The van der Waals surface area contributed by atoms with E-state index >= 15 is 0 Å². The Kier molecular flexibility index (Phi) is 7.11. The Morgan fingerprint density at radius 1 is 1.07 bits per heavy atom. The number of amides is 2. The van der Waals surface area contributed by atoms with E-state index in [4.69, 9.17) is 4.42 Å². The van der Waals surface area contributed by atoms with Gasteiger partial charge < -0.3 is 20.2 Å². The van der Waals surface area contributed by atoms with Crippen molar-refractivity contribution in [2.24, 2.45) is 0 Å². The molecule has 0 radical (unpaired) electrons. The number of anilines is 1. The quantitative estimate of drug-likeness (QED) is 0.388. The Labute approximate surface area is 171 Å². The van der Waals surface area contributed by atoms with Gasteiger partial charge in [-0.05, 0) is 49.2 Å². The van der Waals surface area contributed by atoms with Crippen LogP contribution in [0.25, 0.3) is 22.6 Å². The van der Waals surface area contributed by atoms with Gasteiger partial charge in [-0.25, -0.2) is 9.78 Å². The molecule has 0 saturated carbocycles. The molecule has 3 N–H and O–H groups in total. The zero-order valence-electron chi connectivity index (χ0n) is 17.1. The van der Waals surface area contributed by atoms with Crippen LogP contribution < -0.4 is 10.6 Å². The van der Waals surface area contributed by atoms with E-state index in [1.54, 1.807) is 30.3 Å². The van der Waals surface area contributed by atoms with Gasteiger partial charge in [0.25, 0.3) is 0 Å². The van der Waals surface area contributed by atoms with Crippen molar-refractivity contribution in [3.05, 3.63) is 42.0 Å². The molecule has 1 heterocycles. The number of benzene rings is 2. The van der Waals surface area contributed by atoms with Crippen LogP contribution in [0.1, 0.15) is 51.0 Å². The summed E-state index contributed by atoms with van der Waals surface area (Å²) < 4.78 is 5.76. The van der Waals surface area contributed by atoms with Crippen LogP contribution in [-0.4, -0.2) is 22.7 Å². The van der Waals surface area contributed by atoms with Gasteiger partial charge in [0.05, 0.1) is 5.56 Å². The fraction of sp³-hybridized carbons (Fsp3) is 0.391. The fourth-order valence-corrected chi connectivity index (χ4v) is 3.23. The van der Waals surface area contributed by atoms with Crippen LogP contribution >= 0.6 is 0 Å². The second kappa shape index (κ2) is 9.96. The maximum absolute atomic E-state index is 12.1. The van der Waals surface area contributed by atoms with Gasteiger partial charge in [-0.3, -0.25) is 0 Å². The van der Waals surface area contributed by atoms with Crippen LogP contribution in [0.5, 0.6) is 5.75 Å². The molecule has 2 amide bonds. The summed E-state index contributed by atoms with van der Waals surface area (Å²) in [6.07, 6.45) is 7.14. The molecule has 6 nitrogen and oxygen atoms in total. The minimum absolute atomic E-state index is 0.129. The number of hydrogen-bond acceptors (Lipinski definition) is 4. The molecule has 2 aromatic carbocycles. The van der Waals surface area contributed by atoms with E-state index in [0.29, 0.717) is 34.8 Å². The van der Waals surface area contributed by atoms with Crippen LogP contribution in [0.3, 0.4) is 0 Å². The molecule has 6 heteroatoms. The minimum Gasteiger partial charge on any atom is -0.507 e. The third-order valence-electron chi connectivity index (χ3n) is 4.84. The van der Waals surface area contributed by atoms with Gasteiger partial charge in [0.15, 0.2) is 5.58 Å². The van der Waals surface area contributed by atoms with E-state index < -0.39 is 0 Å². The number of phenolic OH excluding ortho intramolecular Hbond substituents is 1. The van der Waals surface area contributed by atoms with E-state index in [1.165, 1.54) is 25.7 Å². The molecule has 0 fully saturated rings. The number of phenols is 1. The van der Waals surface area contributed by atoms with Gasteiger partial charge in [-0.1, -0.05) is 45.1 Å². The molecule has 29 heavy (non-hydrogen) atoms. The van der Waals surface area contributed by atoms with Gasteiger partial charge >= 0.3 is 6.03 Å². The molecule has 0 aliphatic heterocycles. The predicted octanol–water partition coefficient (Wildman–Crippen LogP) is 5.99. The number of unbranched alkanes of at least 4 members (excludes halogenated alkanes) is 5. The number of carbonyl (C=O) groups is 1. The number of aromatic hydroxyl groups is 1. The molecular formula is C23H29N3O3. The standard InChI is InChI=1S/C23H29N3O3/c1-3-4-5-6-7-8-13-24-23(28)25-17-10-12-21-19(15-17)26-22(29-21)18-11-9-16(2)14-20(18)27/h9-12,14-15,27H,3-8,13H2,1-2H3,(H2,24,25,28). The summed E-state index contributed by atoms with van der Waals surface area (Å²) in [6, 6.07) is 10.4. The van der Waals surface area contributed by atoms with Crippen molar-refractivity contribution in [1.29, 1.82) is 0 Å². The summed E-state index contributed by atoms with van der Waals surface area (Å²) in [7, 11) is 0. The van der Waals surface area contributed by atoms with Gasteiger partial charge in [-0.15, -0.1) is 0 Å². The number of nitrogens with zero attached hydrogens (tertiary/aromatic N) is 1. The molecule has 3 rings (SSSR count). The molecular weight excluding hydrogens is 366 g/mol. The largest absolute Gasteiger partial charge is 0.507 e. The number of fused-ring (bicyclic) bond motifs is 1. The van der Waals surface area contributed by atoms with Crippen molar-refractivity contribution in [3.8, 4) is 17.2 Å². The number of aryl methyl sites for hydroxylation is 1. The van der Waals surface area contributed by atoms with Crippen LogP contribution in [0.15, 0.2) is 40.8 Å². The third-order valence-corrected chi connectivity index (χ3v) is 4.84. The van der Waals surface area contributed by atoms with Gasteiger partial charge in [0, 0.05) is 12.2 Å². The first kappa shape index (κ1) is 20.7. The maximum atomic E-state index is 12.1. The topological polar surface area (TPSA) is 87.4 Å². The van der Waals surface area contributed by atoms with E-state index in [0.717, 1.165) is 18.4 Å². The van der Waals surface area contributed by atoms with E-state index in [9.17, 15) is 9.90 Å². The van der Waals surface area contributed by atoms with E-state index in [-0.39, 0.29) is 11.8 Å². The van der Waals surface area contributed by atoms with Crippen molar-refractivity contribution in [2.45, 2.75) is 52.4 Å². The molecule has 0 atom stereocenters. The number of oxazole rings is 1. The number of carbonyl (C=O) groups excluding carboxylic acids is 1. The number of hydrogen-bond donors (Lipinski definition) is 3. The summed E-state index contributed by atoms with van der Waals surface area (Å²) >= 11 is 0. The lowest BCUT2D eigenvalue weighted by Gasteiger charge is -2.07. The Hall–Kier alpha value is -3.02. The summed E-state index contributed by atoms with van der Waals surface area (Å²) in [5.41, 5.74) is 3.36.